The lowest BCUT2D eigenvalue weighted by Crippen LogP contribution is -1.95. The Morgan fingerprint density at radius 2 is 1.67 bits per heavy atom. The molecule has 0 N–H and O–H groups in total. The van der Waals surface area contributed by atoms with Gasteiger partial charge in [0, 0.05) is 11.1 Å². The molecule has 2 rings (SSSR count). The molecule has 92 valence electrons. The number of hydrogen-bond acceptors (Lipinski definition) is 1. The Hall–Kier alpha value is -2.03. The summed E-state index contributed by atoms with van der Waals surface area (Å²) in [7, 11) is 0. The summed E-state index contributed by atoms with van der Waals surface area (Å²) >= 11 is 0. The van der Waals surface area contributed by atoms with E-state index in [9.17, 15) is 13.6 Å². The number of carbonyl (C=O) groups is 1. The first-order valence-corrected chi connectivity index (χ1v) is 5.55. The highest BCUT2D eigenvalue weighted by Crippen LogP contribution is 2.27. The number of hydrogen-bond donors (Lipinski definition) is 0. The van der Waals surface area contributed by atoms with Gasteiger partial charge in [0.2, 0.25) is 0 Å². The van der Waals surface area contributed by atoms with Gasteiger partial charge < -0.3 is 0 Å². The predicted octanol–water partition coefficient (Wildman–Crippen LogP) is 4.06. The van der Waals surface area contributed by atoms with Crippen molar-refractivity contribution >= 4 is 6.29 Å². The highest BCUT2D eigenvalue weighted by molar-refractivity contribution is 5.82. The molecule has 2 aromatic rings. The summed E-state index contributed by atoms with van der Waals surface area (Å²) in [5.74, 6) is -1.74. The monoisotopic (exact) mass is 246 g/mol. The van der Waals surface area contributed by atoms with Gasteiger partial charge in [-0.3, -0.25) is 4.79 Å². The molecule has 0 spiro atoms. The normalized spacial score (nSPS) is 10.4. The third kappa shape index (κ3) is 2.04. The first kappa shape index (κ1) is 12.4. The summed E-state index contributed by atoms with van der Waals surface area (Å²) in [6, 6.07) is 7.45. The van der Waals surface area contributed by atoms with Crippen molar-refractivity contribution in [1.82, 2.24) is 0 Å². The van der Waals surface area contributed by atoms with Crippen LogP contribution in [-0.4, -0.2) is 6.29 Å². The van der Waals surface area contributed by atoms with Crippen molar-refractivity contribution in [1.29, 1.82) is 0 Å². The van der Waals surface area contributed by atoms with E-state index in [1.165, 1.54) is 12.1 Å². The van der Waals surface area contributed by atoms with Crippen LogP contribution in [0.2, 0.25) is 0 Å². The summed E-state index contributed by atoms with van der Waals surface area (Å²) in [5.41, 5.74) is 2.88. The van der Waals surface area contributed by atoms with E-state index in [0.717, 1.165) is 23.5 Å². The smallest absolute Gasteiger partial charge is 0.166 e. The van der Waals surface area contributed by atoms with Crippen molar-refractivity contribution in [3.8, 4) is 11.1 Å². The molecule has 0 bridgehead atoms. The van der Waals surface area contributed by atoms with Crippen LogP contribution in [0.15, 0.2) is 30.3 Å². The molecule has 0 fully saturated rings. The molecule has 1 nitrogen and oxygen atoms in total. The van der Waals surface area contributed by atoms with Crippen LogP contribution in [0.1, 0.15) is 21.5 Å². The molecule has 0 aliphatic heterocycles. The van der Waals surface area contributed by atoms with Crippen molar-refractivity contribution in [2.75, 3.05) is 0 Å². The maximum Gasteiger partial charge on any atom is 0.166 e. The van der Waals surface area contributed by atoms with E-state index in [1.807, 2.05) is 0 Å². The van der Waals surface area contributed by atoms with Gasteiger partial charge in [0.15, 0.2) is 17.9 Å². The number of carbonyl (C=O) groups excluding carboxylic acids is 1. The van der Waals surface area contributed by atoms with Crippen LogP contribution in [-0.2, 0) is 0 Å². The summed E-state index contributed by atoms with van der Waals surface area (Å²) in [5, 5.41) is 0. The molecule has 0 saturated carbocycles. The van der Waals surface area contributed by atoms with Crippen molar-refractivity contribution in [2.24, 2.45) is 0 Å². The molecule has 0 aromatic heterocycles. The molecule has 0 amide bonds. The quantitative estimate of drug-likeness (QED) is 0.730. The van der Waals surface area contributed by atoms with Crippen LogP contribution in [0.25, 0.3) is 11.1 Å². The zero-order chi connectivity index (χ0) is 13.3. The lowest BCUT2D eigenvalue weighted by Gasteiger charge is -2.09. The highest BCUT2D eigenvalue weighted by Gasteiger charge is 2.12. The Kier molecular flexibility index (Phi) is 3.24. The van der Waals surface area contributed by atoms with Gasteiger partial charge in [0.25, 0.3) is 0 Å². The predicted molar refractivity (Wildman–Crippen MR) is 66.7 cm³/mol. The lowest BCUT2D eigenvalue weighted by atomic mass is 9.96. The Labute approximate surface area is 104 Å². The van der Waals surface area contributed by atoms with Gasteiger partial charge in [-0.2, -0.15) is 0 Å². The minimum absolute atomic E-state index is 0.207. The Morgan fingerprint density at radius 3 is 2.22 bits per heavy atom. The highest BCUT2D eigenvalue weighted by atomic mass is 19.2. The molecule has 0 saturated heterocycles. The van der Waals surface area contributed by atoms with Gasteiger partial charge in [-0.1, -0.05) is 24.3 Å². The average Bonchev–Trinajstić information content (AvgIpc) is 2.32. The van der Waals surface area contributed by atoms with Crippen LogP contribution >= 0.6 is 0 Å². The van der Waals surface area contributed by atoms with E-state index >= 15 is 0 Å². The molecule has 0 heterocycles. The van der Waals surface area contributed by atoms with Gasteiger partial charge >= 0.3 is 0 Å². The van der Waals surface area contributed by atoms with Crippen LogP contribution < -0.4 is 0 Å². The van der Waals surface area contributed by atoms with Gasteiger partial charge in [0.1, 0.15) is 0 Å². The summed E-state index contributed by atoms with van der Waals surface area (Å²) in [6.07, 6.45) is 0.774. The Bertz CT molecular complexity index is 595. The molecule has 0 unspecified atom stereocenters. The summed E-state index contributed by atoms with van der Waals surface area (Å²) in [4.78, 5) is 10.9. The SMILES string of the molecule is Cc1cc(-c2cccc(F)c2F)cc(C)c1C=O. The van der Waals surface area contributed by atoms with E-state index in [2.05, 4.69) is 0 Å². The molecule has 18 heavy (non-hydrogen) atoms. The zero-order valence-corrected chi connectivity index (χ0v) is 10.1. The van der Waals surface area contributed by atoms with E-state index in [1.54, 1.807) is 26.0 Å². The molecule has 3 heteroatoms. The largest absolute Gasteiger partial charge is 0.298 e. The summed E-state index contributed by atoms with van der Waals surface area (Å²) < 4.78 is 26.9. The topological polar surface area (TPSA) is 17.1 Å². The summed E-state index contributed by atoms with van der Waals surface area (Å²) in [6.45, 7) is 3.55. The zero-order valence-electron chi connectivity index (χ0n) is 10.1. The minimum Gasteiger partial charge on any atom is -0.298 e. The number of benzene rings is 2. The second-order valence-corrected chi connectivity index (χ2v) is 4.24. The maximum atomic E-state index is 13.7. The molecule has 0 radical (unpaired) electrons. The second kappa shape index (κ2) is 4.69. The van der Waals surface area contributed by atoms with Crippen molar-refractivity contribution in [3.63, 3.8) is 0 Å². The van der Waals surface area contributed by atoms with Crippen molar-refractivity contribution < 1.29 is 13.6 Å². The molecular formula is C15H12F2O. The van der Waals surface area contributed by atoms with E-state index in [0.29, 0.717) is 11.1 Å². The molecule has 2 aromatic carbocycles. The number of aryl methyl sites for hydroxylation is 2. The van der Waals surface area contributed by atoms with Crippen LogP contribution in [0.3, 0.4) is 0 Å². The van der Waals surface area contributed by atoms with E-state index in [4.69, 9.17) is 0 Å². The molecule has 0 atom stereocenters. The fourth-order valence-electron chi connectivity index (χ4n) is 2.04. The Balaban J connectivity index is 2.65. The number of halogens is 2. The lowest BCUT2D eigenvalue weighted by molar-refractivity contribution is 0.112. The van der Waals surface area contributed by atoms with Crippen molar-refractivity contribution in [2.45, 2.75) is 13.8 Å². The van der Waals surface area contributed by atoms with Gasteiger partial charge in [0.05, 0.1) is 0 Å². The molecular weight excluding hydrogens is 234 g/mol. The second-order valence-electron chi connectivity index (χ2n) is 4.24. The van der Waals surface area contributed by atoms with E-state index in [-0.39, 0.29) is 5.56 Å². The fourth-order valence-corrected chi connectivity index (χ4v) is 2.04. The van der Waals surface area contributed by atoms with Gasteiger partial charge in [-0.25, -0.2) is 8.78 Å². The molecule has 0 aliphatic carbocycles. The minimum atomic E-state index is -0.873. The van der Waals surface area contributed by atoms with E-state index < -0.39 is 11.6 Å². The maximum absolute atomic E-state index is 13.7. The van der Waals surface area contributed by atoms with Crippen LogP contribution in [0.5, 0.6) is 0 Å². The molecule has 0 aliphatic rings. The average molecular weight is 246 g/mol. The third-order valence-corrected chi connectivity index (χ3v) is 2.97. The van der Waals surface area contributed by atoms with Gasteiger partial charge in [-0.15, -0.1) is 0 Å². The first-order valence-electron chi connectivity index (χ1n) is 5.55. The standard InChI is InChI=1S/C15H12F2O/c1-9-6-11(7-10(2)13(9)8-18)12-4-3-5-14(16)15(12)17/h3-8H,1-2H3. The third-order valence-electron chi connectivity index (χ3n) is 2.97. The van der Waals surface area contributed by atoms with Crippen LogP contribution in [0.4, 0.5) is 8.78 Å². The van der Waals surface area contributed by atoms with Gasteiger partial charge in [-0.05, 0) is 36.6 Å². The van der Waals surface area contributed by atoms with Crippen molar-refractivity contribution in [3.05, 3.63) is 58.7 Å². The first-order chi connectivity index (χ1) is 8.54. The Morgan fingerprint density at radius 1 is 1.06 bits per heavy atom. The van der Waals surface area contributed by atoms with Crippen LogP contribution in [0, 0.1) is 25.5 Å². The fraction of sp³-hybridized carbons (Fsp3) is 0.133. The number of rotatable bonds is 2. The number of aldehydes is 1.